The van der Waals surface area contributed by atoms with Gasteiger partial charge in [-0.15, -0.1) is 0 Å². The second-order valence-electron chi connectivity index (χ2n) is 9.88. The molecule has 160 valence electrons. The van der Waals surface area contributed by atoms with Crippen molar-refractivity contribution in [3.05, 3.63) is 12.4 Å². The van der Waals surface area contributed by atoms with Crippen molar-refractivity contribution < 1.29 is 18.8 Å². The minimum absolute atomic E-state index is 0.144. The average Bonchev–Trinajstić information content (AvgIpc) is 3.16. The number of likely N-dealkylation sites (tertiary alicyclic amines) is 1. The molecule has 3 heterocycles. The number of amides is 1. The fourth-order valence-corrected chi connectivity index (χ4v) is 3.33. The second-order valence-corrected chi connectivity index (χ2v) is 9.88. The number of nitrogens with zero attached hydrogens (tertiary/aromatic N) is 4. The monoisotopic (exact) mass is 404 g/mol. The van der Waals surface area contributed by atoms with Gasteiger partial charge in [-0.3, -0.25) is 0 Å². The molecule has 2 fully saturated rings. The van der Waals surface area contributed by atoms with Crippen molar-refractivity contribution in [2.75, 3.05) is 25.0 Å². The molecule has 29 heavy (non-hydrogen) atoms. The average molecular weight is 404 g/mol. The van der Waals surface area contributed by atoms with Crippen molar-refractivity contribution >= 4 is 24.6 Å². The van der Waals surface area contributed by atoms with E-state index in [0.717, 1.165) is 11.9 Å². The summed E-state index contributed by atoms with van der Waals surface area (Å²) in [7, 11) is 1.47. The van der Waals surface area contributed by atoms with Gasteiger partial charge in [-0.25, -0.2) is 14.8 Å². The van der Waals surface area contributed by atoms with E-state index in [9.17, 15) is 4.79 Å². The highest BCUT2D eigenvalue weighted by Crippen LogP contribution is 2.36. The molecule has 2 aliphatic heterocycles. The van der Waals surface area contributed by atoms with E-state index in [1.165, 1.54) is 0 Å². The van der Waals surface area contributed by atoms with Crippen molar-refractivity contribution in [1.82, 2.24) is 14.9 Å². The Kier molecular flexibility index (Phi) is 5.60. The van der Waals surface area contributed by atoms with Crippen LogP contribution in [-0.4, -0.2) is 71.1 Å². The van der Waals surface area contributed by atoms with Crippen LogP contribution in [0.4, 0.5) is 10.7 Å². The zero-order valence-electron chi connectivity index (χ0n) is 18.9. The first-order valence-electron chi connectivity index (χ1n) is 10.2. The largest absolute Gasteiger partial charge is 0.498 e. The summed E-state index contributed by atoms with van der Waals surface area (Å²) in [5, 5.41) is 0. The van der Waals surface area contributed by atoms with Crippen LogP contribution < -0.4 is 10.4 Å². The topological polar surface area (TPSA) is 77.0 Å². The number of hydrogen-bond acceptors (Lipinski definition) is 7. The second kappa shape index (κ2) is 7.43. The lowest BCUT2D eigenvalue weighted by Gasteiger charge is -2.32. The lowest BCUT2D eigenvalue weighted by Crippen LogP contribution is -2.41. The quantitative estimate of drug-likeness (QED) is 0.715. The summed E-state index contributed by atoms with van der Waals surface area (Å²) in [6.07, 6.45) is 4.08. The van der Waals surface area contributed by atoms with E-state index in [-0.39, 0.29) is 12.1 Å². The van der Waals surface area contributed by atoms with E-state index in [4.69, 9.17) is 14.0 Å². The molecule has 3 rings (SSSR count). The van der Waals surface area contributed by atoms with Gasteiger partial charge >= 0.3 is 13.2 Å². The highest BCUT2D eigenvalue weighted by Gasteiger charge is 2.52. The Labute approximate surface area is 174 Å². The molecule has 0 aromatic carbocycles. The minimum atomic E-state index is -0.493. The van der Waals surface area contributed by atoms with Crippen molar-refractivity contribution in [3.63, 3.8) is 0 Å². The summed E-state index contributed by atoms with van der Waals surface area (Å²) in [6.45, 7) is 15.0. The molecule has 1 aromatic heterocycles. The van der Waals surface area contributed by atoms with E-state index in [2.05, 4.69) is 9.97 Å². The molecule has 0 unspecified atom stereocenters. The first-order chi connectivity index (χ1) is 13.3. The molecule has 1 atom stereocenters. The third-order valence-corrected chi connectivity index (χ3v) is 5.86. The molecule has 2 aliphatic rings. The van der Waals surface area contributed by atoms with Crippen LogP contribution in [0.15, 0.2) is 12.4 Å². The molecule has 0 N–H and O–H groups in total. The van der Waals surface area contributed by atoms with Gasteiger partial charge in [-0.2, -0.15) is 0 Å². The first kappa shape index (κ1) is 21.8. The zero-order valence-corrected chi connectivity index (χ0v) is 18.9. The molecule has 2 saturated heterocycles. The third kappa shape index (κ3) is 4.66. The maximum atomic E-state index is 12.3. The Morgan fingerprint density at radius 1 is 1.21 bits per heavy atom. The van der Waals surface area contributed by atoms with Gasteiger partial charge in [0.1, 0.15) is 5.60 Å². The molecule has 0 saturated carbocycles. The molecule has 1 amide bonds. The Morgan fingerprint density at radius 2 is 1.76 bits per heavy atom. The summed E-state index contributed by atoms with van der Waals surface area (Å²) in [6, 6.07) is 0.144. The fraction of sp³-hybridized carbons (Fsp3) is 0.750. The number of ether oxygens (including phenoxy) is 1. The number of carbonyl (C=O) groups excluding carboxylic acids is 1. The number of aromatic nitrogens is 2. The summed E-state index contributed by atoms with van der Waals surface area (Å²) in [5.74, 6) is 0.612. The number of anilines is 1. The van der Waals surface area contributed by atoms with Crippen molar-refractivity contribution in [2.45, 2.75) is 77.7 Å². The van der Waals surface area contributed by atoms with Gasteiger partial charge in [-0.1, -0.05) is 0 Å². The predicted octanol–water partition coefficient (Wildman–Crippen LogP) is 2.22. The molecule has 0 bridgehead atoms. The van der Waals surface area contributed by atoms with Gasteiger partial charge in [0.25, 0.3) is 0 Å². The van der Waals surface area contributed by atoms with Crippen molar-refractivity contribution in [1.29, 1.82) is 0 Å². The Hall–Kier alpha value is -1.87. The van der Waals surface area contributed by atoms with E-state index in [0.29, 0.717) is 19.0 Å². The van der Waals surface area contributed by atoms with Crippen molar-refractivity contribution in [2.24, 2.45) is 0 Å². The van der Waals surface area contributed by atoms with Crippen LogP contribution >= 0.6 is 0 Å². The highest BCUT2D eigenvalue weighted by atomic mass is 16.7. The molecular weight excluding hydrogens is 371 g/mol. The fourth-order valence-electron chi connectivity index (χ4n) is 3.33. The van der Waals surface area contributed by atoms with Gasteiger partial charge < -0.3 is 23.8 Å². The molecule has 1 aromatic rings. The van der Waals surface area contributed by atoms with Gasteiger partial charge in [0.15, 0.2) is 0 Å². The van der Waals surface area contributed by atoms with Crippen LogP contribution in [0.5, 0.6) is 0 Å². The van der Waals surface area contributed by atoms with Crippen LogP contribution in [0.2, 0.25) is 0 Å². The summed E-state index contributed by atoms with van der Waals surface area (Å²) in [4.78, 5) is 25.1. The van der Waals surface area contributed by atoms with E-state index in [1.54, 1.807) is 17.3 Å². The zero-order chi connectivity index (χ0) is 21.6. The summed E-state index contributed by atoms with van der Waals surface area (Å²) >= 11 is 0. The van der Waals surface area contributed by atoms with E-state index in [1.807, 2.05) is 60.4 Å². The third-order valence-electron chi connectivity index (χ3n) is 5.86. The van der Waals surface area contributed by atoms with Gasteiger partial charge in [0.2, 0.25) is 5.95 Å². The minimum Gasteiger partial charge on any atom is -0.444 e. The van der Waals surface area contributed by atoms with Gasteiger partial charge in [0.05, 0.1) is 17.2 Å². The van der Waals surface area contributed by atoms with Crippen LogP contribution in [0.1, 0.15) is 54.9 Å². The number of hydrogen-bond donors (Lipinski definition) is 0. The molecule has 0 aliphatic carbocycles. The SMILES string of the molecule is CN(c1ncc(B2OC(C)(C)C(C)(C)O2)cn1)[C@@H]1CCN(C(=O)OC(C)(C)C)C1. The number of rotatable bonds is 3. The molecule has 8 nitrogen and oxygen atoms in total. The van der Waals surface area contributed by atoms with E-state index < -0.39 is 23.9 Å². The number of likely N-dealkylation sites (N-methyl/N-ethyl adjacent to an activating group) is 1. The molecule has 0 spiro atoms. The highest BCUT2D eigenvalue weighted by molar-refractivity contribution is 6.61. The summed E-state index contributed by atoms with van der Waals surface area (Å²) < 4.78 is 17.6. The first-order valence-corrected chi connectivity index (χ1v) is 10.2. The number of carbonyl (C=O) groups is 1. The standard InChI is InChI=1S/C20H33BN4O4/c1-18(2,3)27-17(26)25-10-9-15(13-25)24(8)16-22-11-14(12-23-16)21-28-19(4,5)20(6,7)29-21/h11-12,15H,9-10,13H2,1-8H3/t15-/m1/s1. The normalized spacial score (nSPS) is 23.4. The van der Waals surface area contributed by atoms with Crippen LogP contribution in [0, 0.1) is 0 Å². The predicted molar refractivity (Wildman–Crippen MR) is 112 cm³/mol. The van der Waals surface area contributed by atoms with Crippen LogP contribution in [0.3, 0.4) is 0 Å². The maximum Gasteiger partial charge on any atom is 0.498 e. The Morgan fingerprint density at radius 3 is 2.28 bits per heavy atom. The lowest BCUT2D eigenvalue weighted by atomic mass is 9.81. The molecule has 9 heteroatoms. The van der Waals surface area contributed by atoms with E-state index >= 15 is 0 Å². The smallest absolute Gasteiger partial charge is 0.444 e. The summed E-state index contributed by atoms with van der Waals surface area (Å²) in [5.41, 5.74) is -0.500. The maximum absolute atomic E-state index is 12.3. The van der Waals surface area contributed by atoms with Gasteiger partial charge in [0, 0.05) is 38.0 Å². The molecular formula is C20H33BN4O4. The lowest BCUT2D eigenvalue weighted by molar-refractivity contribution is 0.00578. The van der Waals surface area contributed by atoms with Gasteiger partial charge in [-0.05, 0) is 54.9 Å². The van der Waals surface area contributed by atoms with Crippen LogP contribution in [-0.2, 0) is 14.0 Å². The Balaban J connectivity index is 1.62. The Bertz CT molecular complexity index is 732. The van der Waals surface area contributed by atoms with Crippen molar-refractivity contribution in [3.8, 4) is 0 Å². The molecule has 0 radical (unpaired) electrons. The van der Waals surface area contributed by atoms with Crippen LogP contribution in [0.25, 0.3) is 0 Å².